The molecule has 0 fully saturated rings. The molecule has 1 unspecified atom stereocenters. The van der Waals surface area contributed by atoms with Gasteiger partial charge >= 0.3 is 0 Å². The summed E-state index contributed by atoms with van der Waals surface area (Å²) in [5.41, 5.74) is 1.10. The van der Waals surface area contributed by atoms with Crippen molar-refractivity contribution in [3.8, 4) is 6.07 Å². The molecule has 0 saturated carbocycles. The lowest BCUT2D eigenvalue weighted by atomic mass is 9.88. The van der Waals surface area contributed by atoms with Crippen LogP contribution in [0.25, 0.3) is 0 Å². The number of aromatic nitrogens is 2. The SMILES string of the molecule is COCc1cncn1C(c1ccccc1C#N)C(C)(C)O. The molecule has 0 saturated heterocycles. The molecule has 0 spiro atoms. The maximum atomic E-state index is 10.6. The van der Waals surface area contributed by atoms with Crippen molar-refractivity contribution in [2.24, 2.45) is 0 Å². The molecule has 0 aliphatic rings. The fraction of sp³-hybridized carbons (Fsp3) is 0.375. The van der Waals surface area contributed by atoms with Gasteiger partial charge in [0.05, 0.1) is 48.1 Å². The van der Waals surface area contributed by atoms with Gasteiger partial charge in [0.2, 0.25) is 0 Å². The van der Waals surface area contributed by atoms with E-state index in [4.69, 9.17) is 4.74 Å². The van der Waals surface area contributed by atoms with Crippen molar-refractivity contribution in [3.63, 3.8) is 0 Å². The Morgan fingerprint density at radius 3 is 2.76 bits per heavy atom. The summed E-state index contributed by atoms with van der Waals surface area (Å²) in [6.45, 7) is 3.84. The van der Waals surface area contributed by atoms with Gasteiger partial charge in [-0.15, -0.1) is 0 Å². The first kappa shape index (κ1) is 15.2. The Hall–Kier alpha value is -2.16. The number of hydrogen-bond acceptors (Lipinski definition) is 4. The second kappa shape index (κ2) is 6.08. The molecule has 2 aromatic rings. The number of methoxy groups -OCH3 is 1. The number of hydrogen-bond donors (Lipinski definition) is 1. The van der Waals surface area contributed by atoms with E-state index in [0.717, 1.165) is 11.3 Å². The standard InChI is InChI=1S/C16H19N3O2/c1-16(2,20)15(14-7-5-4-6-12(14)8-17)19-11-18-9-13(19)10-21-3/h4-7,9,11,15,20H,10H2,1-3H3. The third-order valence-electron chi connectivity index (χ3n) is 3.36. The highest BCUT2D eigenvalue weighted by atomic mass is 16.5. The van der Waals surface area contributed by atoms with Crippen LogP contribution in [0, 0.1) is 11.3 Å². The van der Waals surface area contributed by atoms with Crippen LogP contribution in [-0.4, -0.2) is 27.4 Å². The third-order valence-corrected chi connectivity index (χ3v) is 3.36. The summed E-state index contributed by atoms with van der Waals surface area (Å²) in [4.78, 5) is 4.15. The predicted molar refractivity (Wildman–Crippen MR) is 78.5 cm³/mol. The molecule has 0 aliphatic heterocycles. The van der Waals surface area contributed by atoms with Crippen molar-refractivity contribution < 1.29 is 9.84 Å². The van der Waals surface area contributed by atoms with E-state index in [2.05, 4.69) is 11.1 Å². The van der Waals surface area contributed by atoms with Gasteiger partial charge in [-0.05, 0) is 25.5 Å². The monoisotopic (exact) mass is 285 g/mol. The highest BCUT2D eigenvalue weighted by Crippen LogP contribution is 2.33. The smallest absolute Gasteiger partial charge is 0.0995 e. The Bertz CT molecular complexity index is 650. The Morgan fingerprint density at radius 1 is 1.43 bits per heavy atom. The van der Waals surface area contributed by atoms with Crippen molar-refractivity contribution in [3.05, 3.63) is 53.6 Å². The van der Waals surface area contributed by atoms with Crippen LogP contribution in [0.3, 0.4) is 0 Å². The summed E-state index contributed by atoms with van der Waals surface area (Å²) < 4.78 is 7.04. The van der Waals surface area contributed by atoms with Crippen LogP contribution in [0.2, 0.25) is 0 Å². The number of nitrogens with zero attached hydrogens (tertiary/aromatic N) is 3. The van der Waals surface area contributed by atoms with E-state index in [1.54, 1.807) is 39.5 Å². The molecule has 5 nitrogen and oxygen atoms in total. The molecule has 0 bridgehead atoms. The lowest BCUT2D eigenvalue weighted by Crippen LogP contribution is -2.35. The van der Waals surface area contributed by atoms with Gasteiger partial charge in [0, 0.05) is 7.11 Å². The second-order valence-corrected chi connectivity index (χ2v) is 5.48. The van der Waals surface area contributed by atoms with Gasteiger partial charge in [-0.3, -0.25) is 0 Å². The number of nitriles is 1. The molecule has 0 aliphatic carbocycles. The fourth-order valence-electron chi connectivity index (χ4n) is 2.53. The molecular weight excluding hydrogens is 266 g/mol. The summed E-state index contributed by atoms with van der Waals surface area (Å²) >= 11 is 0. The first-order valence-corrected chi connectivity index (χ1v) is 6.70. The van der Waals surface area contributed by atoms with Gasteiger partial charge in [0.25, 0.3) is 0 Å². The molecule has 1 N–H and O–H groups in total. The van der Waals surface area contributed by atoms with E-state index in [9.17, 15) is 10.4 Å². The summed E-state index contributed by atoms with van der Waals surface area (Å²) in [5.74, 6) is 0. The number of benzene rings is 1. The largest absolute Gasteiger partial charge is 0.388 e. The second-order valence-electron chi connectivity index (χ2n) is 5.48. The van der Waals surface area contributed by atoms with Crippen molar-refractivity contribution in [1.82, 2.24) is 9.55 Å². The lowest BCUT2D eigenvalue weighted by Gasteiger charge is -2.32. The van der Waals surface area contributed by atoms with E-state index in [1.165, 1.54) is 0 Å². The Morgan fingerprint density at radius 2 is 2.14 bits per heavy atom. The molecular formula is C16H19N3O2. The van der Waals surface area contributed by atoms with Gasteiger partial charge in [0.1, 0.15) is 0 Å². The number of aliphatic hydroxyl groups is 1. The van der Waals surface area contributed by atoms with Crippen LogP contribution < -0.4 is 0 Å². The average molecular weight is 285 g/mol. The zero-order valence-corrected chi connectivity index (χ0v) is 12.4. The molecule has 1 atom stereocenters. The quantitative estimate of drug-likeness (QED) is 0.914. The van der Waals surface area contributed by atoms with E-state index in [0.29, 0.717) is 12.2 Å². The predicted octanol–water partition coefficient (Wildman–Crippen LogP) is 2.26. The van der Waals surface area contributed by atoms with Crippen molar-refractivity contribution >= 4 is 0 Å². The Balaban J connectivity index is 2.60. The zero-order valence-electron chi connectivity index (χ0n) is 12.4. The maximum Gasteiger partial charge on any atom is 0.0995 e. The topological polar surface area (TPSA) is 71.1 Å². The van der Waals surface area contributed by atoms with Gasteiger partial charge in [-0.2, -0.15) is 5.26 Å². The highest BCUT2D eigenvalue weighted by Gasteiger charge is 2.32. The first-order chi connectivity index (χ1) is 9.99. The van der Waals surface area contributed by atoms with Crippen LogP contribution in [-0.2, 0) is 11.3 Å². The summed E-state index contributed by atoms with van der Waals surface area (Å²) in [6, 6.07) is 9.06. The van der Waals surface area contributed by atoms with Gasteiger partial charge < -0.3 is 14.4 Å². The van der Waals surface area contributed by atoms with Crippen molar-refractivity contribution in [2.75, 3.05) is 7.11 Å². The number of rotatable bonds is 5. The summed E-state index contributed by atoms with van der Waals surface area (Å²) in [7, 11) is 1.61. The number of imidazole rings is 1. The van der Waals surface area contributed by atoms with Gasteiger partial charge in [-0.25, -0.2) is 4.98 Å². The van der Waals surface area contributed by atoms with E-state index in [-0.39, 0.29) is 0 Å². The fourth-order valence-corrected chi connectivity index (χ4v) is 2.53. The molecule has 0 amide bonds. The molecule has 1 heterocycles. The summed E-state index contributed by atoms with van der Waals surface area (Å²) in [5, 5.41) is 19.9. The van der Waals surface area contributed by atoms with Crippen LogP contribution in [0.4, 0.5) is 0 Å². The molecule has 1 aromatic carbocycles. The highest BCUT2D eigenvalue weighted by molar-refractivity contribution is 5.41. The number of ether oxygens (including phenoxy) is 1. The lowest BCUT2D eigenvalue weighted by molar-refractivity contribution is 0.0360. The summed E-state index contributed by atoms with van der Waals surface area (Å²) in [6.07, 6.45) is 3.36. The third kappa shape index (κ3) is 3.13. The van der Waals surface area contributed by atoms with E-state index < -0.39 is 11.6 Å². The molecule has 1 aromatic heterocycles. The van der Waals surface area contributed by atoms with Crippen LogP contribution in [0.1, 0.15) is 36.7 Å². The molecule has 5 heteroatoms. The molecule has 21 heavy (non-hydrogen) atoms. The molecule has 2 rings (SSSR count). The molecule has 110 valence electrons. The average Bonchev–Trinajstić information content (AvgIpc) is 2.86. The van der Waals surface area contributed by atoms with Crippen molar-refractivity contribution in [2.45, 2.75) is 32.1 Å². The van der Waals surface area contributed by atoms with Crippen LogP contribution >= 0.6 is 0 Å². The minimum absolute atomic E-state index is 0.390. The molecule has 0 radical (unpaired) electrons. The van der Waals surface area contributed by atoms with Crippen molar-refractivity contribution in [1.29, 1.82) is 5.26 Å². The first-order valence-electron chi connectivity index (χ1n) is 6.70. The Labute approximate surface area is 124 Å². The Kier molecular flexibility index (Phi) is 4.41. The van der Waals surface area contributed by atoms with Crippen LogP contribution in [0.5, 0.6) is 0 Å². The van der Waals surface area contributed by atoms with E-state index in [1.807, 2.05) is 22.8 Å². The van der Waals surface area contributed by atoms with E-state index >= 15 is 0 Å². The van der Waals surface area contributed by atoms with Gasteiger partial charge in [-0.1, -0.05) is 18.2 Å². The van der Waals surface area contributed by atoms with Crippen LogP contribution in [0.15, 0.2) is 36.8 Å². The normalized spacial score (nSPS) is 12.9. The maximum absolute atomic E-state index is 10.6. The minimum Gasteiger partial charge on any atom is -0.388 e. The van der Waals surface area contributed by atoms with Gasteiger partial charge in [0.15, 0.2) is 0 Å². The zero-order chi connectivity index (χ0) is 15.5. The minimum atomic E-state index is -1.06.